The number of phenols is 2. The predicted molar refractivity (Wildman–Crippen MR) is 72.1 cm³/mol. The molecule has 0 spiro atoms. The number of benzene rings is 2. The Balaban J connectivity index is 0.000000403. The number of aromatic hydroxyl groups is 2. The monoisotopic (exact) mass is 409 g/mol. The largest absolute Gasteiger partial charge is 2.00 e. The second-order valence-electron chi connectivity index (χ2n) is 3.84. The molecule has 0 aliphatic rings. The molecule has 0 unspecified atom stereocenters. The fourth-order valence-electron chi connectivity index (χ4n) is 1.34. The molecular weight excluding hydrogens is 400 g/mol. The Kier molecular flexibility index (Phi) is 7.71. The van der Waals surface area contributed by atoms with Gasteiger partial charge < -0.3 is 19.3 Å². The first kappa shape index (κ1) is 21.4. The maximum Gasteiger partial charge on any atom is 2.00 e. The zero-order valence-corrected chi connectivity index (χ0v) is 13.7. The summed E-state index contributed by atoms with van der Waals surface area (Å²) in [5.74, 6) is -1.02. The van der Waals surface area contributed by atoms with E-state index < -0.39 is 41.5 Å². The summed E-state index contributed by atoms with van der Waals surface area (Å²) in [6, 6.07) is 9.99. The summed E-state index contributed by atoms with van der Waals surface area (Å²) in [5.41, 5.74) is 0. The van der Waals surface area contributed by atoms with E-state index in [0.717, 1.165) is 24.3 Å². The average molecular weight is 410 g/mol. The van der Waals surface area contributed by atoms with Crippen LogP contribution in [0, 0.1) is 0 Å². The fraction of sp³-hybridized carbons (Fsp3) is 0. The van der Waals surface area contributed by atoms with Gasteiger partial charge in [0.1, 0.15) is 31.7 Å². The van der Waals surface area contributed by atoms with E-state index in [9.17, 15) is 25.9 Å². The number of hydrogen-bond donors (Lipinski definition) is 2. The molecule has 0 fully saturated rings. The SMILES string of the molecule is O=S(=O)([O-])c1ccccc1O.O=S(=O)([O-])c1ccccc1O.[Cu+2]. The van der Waals surface area contributed by atoms with Gasteiger partial charge in [0.25, 0.3) is 0 Å². The molecule has 0 aliphatic heterocycles. The number of para-hydroxylation sites is 2. The molecule has 2 rings (SSSR count). The zero-order chi connectivity index (χ0) is 17.0. The Morgan fingerprint density at radius 1 is 0.652 bits per heavy atom. The normalized spacial score (nSPS) is 10.9. The van der Waals surface area contributed by atoms with Crippen molar-refractivity contribution in [2.45, 2.75) is 9.79 Å². The van der Waals surface area contributed by atoms with Gasteiger partial charge >= 0.3 is 17.1 Å². The third-order valence-electron chi connectivity index (χ3n) is 2.27. The Morgan fingerprint density at radius 2 is 0.913 bits per heavy atom. The molecule has 2 N–H and O–H groups in total. The van der Waals surface area contributed by atoms with Gasteiger partial charge in [-0.05, 0) is 24.3 Å². The standard InChI is InChI=1S/2C6H6O4S.Cu/c2*7-5-3-1-2-4-6(5)11(8,9)10;/h2*1-4,7H,(H,8,9,10);/q;;+2/p-2. The van der Waals surface area contributed by atoms with Crippen LogP contribution < -0.4 is 0 Å². The van der Waals surface area contributed by atoms with Crippen molar-refractivity contribution in [3.63, 3.8) is 0 Å². The Morgan fingerprint density at radius 3 is 1.09 bits per heavy atom. The molecule has 0 saturated carbocycles. The molecule has 0 aromatic heterocycles. The summed E-state index contributed by atoms with van der Waals surface area (Å²) < 4.78 is 62.0. The van der Waals surface area contributed by atoms with Crippen LogP contribution in [0.4, 0.5) is 0 Å². The van der Waals surface area contributed by atoms with E-state index in [2.05, 4.69) is 0 Å². The molecule has 1 radical (unpaired) electrons. The minimum absolute atomic E-state index is 0. The van der Waals surface area contributed by atoms with Gasteiger partial charge in [-0.15, -0.1) is 0 Å². The summed E-state index contributed by atoms with van der Waals surface area (Å²) in [4.78, 5) is -1.17. The van der Waals surface area contributed by atoms with Crippen molar-refractivity contribution in [2.24, 2.45) is 0 Å². The molecule has 23 heavy (non-hydrogen) atoms. The van der Waals surface area contributed by atoms with E-state index in [0.29, 0.717) is 0 Å². The van der Waals surface area contributed by atoms with Crippen molar-refractivity contribution < 1.29 is 53.2 Å². The molecule has 129 valence electrons. The van der Waals surface area contributed by atoms with Crippen LogP contribution >= 0.6 is 0 Å². The summed E-state index contributed by atoms with van der Waals surface area (Å²) in [6.45, 7) is 0. The van der Waals surface area contributed by atoms with Crippen LogP contribution in [-0.2, 0) is 37.3 Å². The summed E-state index contributed by atoms with van der Waals surface area (Å²) in [7, 11) is -9.07. The van der Waals surface area contributed by atoms with E-state index in [4.69, 9.17) is 10.2 Å². The molecule has 0 atom stereocenters. The smallest absolute Gasteiger partial charge is 0.744 e. The van der Waals surface area contributed by atoms with Crippen LogP contribution in [-0.4, -0.2) is 36.2 Å². The maximum atomic E-state index is 10.3. The van der Waals surface area contributed by atoms with E-state index in [-0.39, 0.29) is 17.1 Å². The van der Waals surface area contributed by atoms with Gasteiger partial charge in [-0.3, -0.25) is 0 Å². The number of hydrogen-bond acceptors (Lipinski definition) is 8. The van der Waals surface area contributed by atoms with Gasteiger partial charge in [-0.2, -0.15) is 0 Å². The third kappa shape index (κ3) is 6.57. The quantitative estimate of drug-likeness (QED) is 0.539. The molecule has 0 heterocycles. The van der Waals surface area contributed by atoms with Crippen LogP contribution in [0.2, 0.25) is 0 Å². The van der Waals surface area contributed by atoms with Crippen LogP contribution in [0.25, 0.3) is 0 Å². The second kappa shape index (κ2) is 8.29. The van der Waals surface area contributed by atoms with E-state index in [1.807, 2.05) is 0 Å². The van der Waals surface area contributed by atoms with Crippen molar-refractivity contribution in [3.05, 3.63) is 48.5 Å². The molecule has 2 aromatic carbocycles. The van der Waals surface area contributed by atoms with Crippen molar-refractivity contribution in [1.29, 1.82) is 0 Å². The first-order valence-electron chi connectivity index (χ1n) is 5.51. The molecular formula is C12H10CuO8S2. The summed E-state index contributed by atoms with van der Waals surface area (Å²) >= 11 is 0. The fourth-order valence-corrected chi connectivity index (χ4v) is 2.48. The first-order valence-corrected chi connectivity index (χ1v) is 8.33. The van der Waals surface area contributed by atoms with Gasteiger partial charge in [0.2, 0.25) is 0 Å². The van der Waals surface area contributed by atoms with Gasteiger partial charge in [-0.1, -0.05) is 24.3 Å². The first-order chi connectivity index (χ1) is 10.0. The van der Waals surface area contributed by atoms with Crippen molar-refractivity contribution >= 4 is 20.2 Å². The minimum Gasteiger partial charge on any atom is -0.744 e. The van der Waals surface area contributed by atoms with E-state index in [1.165, 1.54) is 24.3 Å². The van der Waals surface area contributed by atoms with Crippen molar-refractivity contribution in [3.8, 4) is 11.5 Å². The summed E-state index contributed by atoms with van der Waals surface area (Å²) in [5, 5.41) is 17.7. The van der Waals surface area contributed by atoms with Crippen LogP contribution in [0.1, 0.15) is 0 Å². The van der Waals surface area contributed by atoms with Gasteiger partial charge in [0.15, 0.2) is 0 Å². The number of phenolic OH excluding ortho intramolecular Hbond substituents is 2. The summed E-state index contributed by atoms with van der Waals surface area (Å²) in [6.07, 6.45) is 0. The van der Waals surface area contributed by atoms with Gasteiger partial charge in [-0.25, -0.2) is 16.8 Å². The molecule has 8 nitrogen and oxygen atoms in total. The van der Waals surface area contributed by atoms with Gasteiger partial charge in [0, 0.05) is 0 Å². The second-order valence-corrected chi connectivity index (χ2v) is 6.54. The third-order valence-corrected chi connectivity index (χ3v) is 4.04. The Bertz CT molecular complexity index is 789. The van der Waals surface area contributed by atoms with Gasteiger partial charge in [0.05, 0.1) is 9.79 Å². The molecule has 0 amide bonds. The minimum atomic E-state index is -4.53. The molecule has 0 aliphatic carbocycles. The maximum absolute atomic E-state index is 10.3. The van der Waals surface area contributed by atoms with Crippen LogP contribution in [0.3, 0.4) is 0 Å². The molecule has 0 bridgehead atoms. The molecule has 11 heteroatoms. The molecule has 0 saturated heterocycles. The average Bonchev–Trinajstić information content (AvgIpc) is 2.37. The predicted octanol–water partition coefficient (Wildman–Crippen LogP) is 0.590. The zero-order valence-electron chi connectivity index (χ0n) is 11.1. The molecule has 2 aromatic rings. The Labute approximate surface area is 143 Å². The van der Waals surface area contributed by atoms with Crippen LogP contribution in [0.5, 0.6) is 11.5 Å². The van der Waals surface area contributed by atoms with E-state index in [1.54, 1.807) is 0 Å². The topological polar surface area (TPSA) is 155 Å². The van der Waals surface area contributed by atoms with Crippen molar-refractivity contribution in [2.75, 3.05) is 0 Å². The Hall–Kier alpha value is -1.62. The number of rotatable bonds is 2. The van der Waals surface area contributed by atoms with Crippen LogP contribution in [0.15, 0.2) is 58.3 Å². The van der Waals surface area contributed by atoms with E-state index >= 15 is 0 Å². The van der Waals surface area contributed by atoms with Crippen molar-refractivity contribution in [1.82, 2.24) is 0 Å².